The Morgan fingerprint density at radius 3 is 2.63 bits per heavy atom. The fourth-order valence-electron chi connectivity index (χ4n) is 4.01. The molecule has 2 fully saturated rings. The van der Waals surface area contributed by atoms with Crippen molar-refractivity contribution in [2.24, 2.45) is 11.8 Å². The van der Waals surface area contributed by atoms with Gasteiger partial charge in [0.15, 0.2) is 5.58 Å². The van der Waals surface area contributed by atoms with Crippen LogP contribution in [0.4, 0.5) is 0 Å². The molecule has 164 valence electrons. The second-order valence-electron chi connectivity index (χ2n) is 7.68. The molecule has 0 aliphatic carbocycles. The van der Waals surface area contributed by atoms with Gasteiger partial charge in [-0.2, -0.15) is 0 Å². The van der Waals surface area contributed by atoms with Gasteiger partial charge in [-0.1, -0.05) is 12.1 Å². The molecule has 0 spiro atoms. The van der Waals surface area contributed by atoms with E-state index in [1.807, 2.05) is 24.3 Å². The number of nitrogens with zero attached hydrogens (tertiary/aromatic N) is 2. The molecule has 2 aliphatic rings. The molecule has 1 amide bonds. The third-order valence-electron chi connectivity index (χ3n) is 5.79. The quantitative estimate of drug-likeness (QED) is 0.676. The summed E-state index contributed by atoms with van der Waals surface area (Å²) in [4.78, 5) is 34.9. The standard InChI is InChI=1S/C20H27N3O4.CH2O2/c24-19(16-7-12-26-14-16)21-13-15-5-8-22(9-6-15)10-11-23-17-3-1-2-4-18(17)27-20(23)25;2-1-3/h1-4,15-16H,5-14H2,(H,21,24);1H,(H,2,3). The first-order chi connectivity index (χ1) is 14.6. The highest BCUT2D eigenvalue weighted by Gasteiger charge is 2.25. The molecule has 1 unspecified atom stereocenters. The molecule has 1 aromatic carbocycles. The lowest BCUT2D eigenvalue weighted by molar-refractivity contribution is -0.125. The molecule has 3 heterocycles. The Hall–Kier alpha value is -2.65. The highest BCUT2D eigenvalue weighted by atomic mass is 16.5. The summed E-state index contributed by atoms with van der Waals surface area (Å²) in [6.45, 7) is 5.24. The minimum atomic E-state index is -0.287. The average Bonchev–Trinajstić information content (AvgIpc) is 3.40. The zero-order valence-electron chi connectivity index (χ0n) is 17.0. The zero-order chi connectivity index (χ0) is 21.3. The highest BCUT2D eigenvalue weighted by molar-refractivity contribution is 5.79. The van der Waals surface area contributed by atoms with E-state index in [9.17, 15) is 9.59 Å². The molecule has 4 rings (SSSR count). The fourth-order valence-corrected chi connectivity index (χ4v) is 4.01. The highest BCUT2D eigenvalue weighted by Crippen LogP contribution is 2.18. The van der Waals surface area contributed by atoms with Gasteiger partial charge in [-0.05, 0) is 50.4 Å². The number of ether oxygens (including phenoxy) is 1. The number of para-hydroxylation sites is 2. The number of amides is 1. The van der Waals surface area contributed by atoms with E-state index in [1.54, 1.807) is 4.57 Å². The lowest BCUT2D eigenvalue weighted by atomic mass is 9.96. The van der Waals surface area contributed by atoms with Crippen LogP contribution in [0.3, 0.4) is 0 Å². The first-order valence-corrected chi connectivity index (χ1v) is 10.4. The van der Waals surface area contributed by atoms with Gasteiger partial charge in [0.25, 0.3) is 6.47 Å². The van der Waals surface area contributed by atoms with Crippen LogP contribution in [0.5, 0.6) is 0 Å². The number of nitrogens with one attached hydrogen (secondary N) is 1. The van der Waals surface area contributed by atoms with E-state index in [-0.39, 0.29) is 24.1 Å². The summed E-state index contributed by atoms with van der Waals surface area (Å²) in [5, 5.41) is 9.98. The predicted octanol–water partition coefficient (Wildman–Crippen LogP) is 1.16. The van der Waals surface area contributed by atoms with Crippen LogP contribution in [-0.4, -0.2) is 66.3 Å². The number of carboxylic acid groups (broad SMARTS) is 1. The van der Waals surface area contributed by atoms with Crippen LogP contribution in [-0.2, 0) is 20.9 Å². The number of carbonyl (C=O) groups is 2. The van der Waals surface area contributed by atoms with E-state index in [4.69, 9.17) is 19.1 Å². The van der Waals surface area contributed by atoms with Gasteiger partial charge in [-0.15, -0.1) is 0 Å². The third kappa shape index (κ3) is 5.70. The van der Waals surface area contributed by atoms with E-state index in [2.05, 4.69) is 10.2 Å². The molecule has 0 saturated carbocycles. The van der Waals surface area contributed by atoms with Crippen molar-refractivity contribution in [2.45, 2.75) is 25.8 Å². The number of likely N-dealkylation sites (tertiary alicyclic amines) is 1. The number of benzene rings is 1. The minimum Gasteiger partial charge on any atom is -0.483 e. The first-order valence-electron chi connectivity index (χ1n) is 10.4. The molecule has 30 heavy (non-hydrogen) atoms. The summed E-state index contributed by atoms with van der Waals surface area (Å²) in [6.07, 6.45) is 2.98. The molecule has 9 heteroatoms. The largest absolute Gasteiger partial charge is 0.483 e. The van der Waals surface area contributed by atoms with Crippen molar-refractivity contribution in [3.05, 3.63) is 34.8 Å². The van der Waals surface area contributed by atoms with Crippen LogP contribution >= 0.6 is 0 Å². The number of piperidine rings is 1. The predicted molar refractivity (Wildman–Crippen MR) is 110 cm³/mol. The second-order valence-corrected chi connectivity index (χ2v) is 7.68. The Kier molecular flexibility index (Phi) is 8.04. The summed E-state index contributed by atoms with van der Waals surface area (Å²) in [7, 11) is 0. The lowest BCUT2D eigenvalue weighted by Crippen LogP contribution is -2.41. The molecule has 0 bridgehead atoms. The maximum Gasteiger partial charge on any atom is 0.419 e. The number of oxazole rings is 1. The van der Waals surface area contributed by atoms with Crippen molar-refractivity contribution in [3.63, 3.8) is 0 Å². The summed E-state index contributed by atoms with van der Waals surface area (Å²) in [6, 6.07) is 7.54. The van der Waals surface area contributed by atoms with Crippen LogP contribution in [0.1, 0.15) is 19.3 Å². The van der Waals surface area contributed by atoms with Crippen LogP contribution in [0.2, 0.25) is 0 Å². The van der Waals surface area contributed by atoms with Crippen LogP contribution < -0.4 is 11.1 Å². The monoisotopic (exact) mass is 419 g/mol. The normalized spacial score (nSPS) is 19.9. The molecular formula is C21H29N3O6. The molecule has 9 nitrogen and oxygen atoms in total. The van der Waals surface area contributed by atoms with Crippen molar-refractivity contribution >= 4 is 23.5 Å². The van der Waals surface area contributed by atoms with Gasteiger partial charge in [0.1, 0.15) is 0 Å². The van der Waals surface area contributed by atoms with E-state index in [0.29, 0.717) is 31.3 Å². The van der Waals surface area contributed by atoms with Crippen molar-refractivity contribution in [2.75, 3.05) is 39.4 Å². The fraction of sp³-hybridized carbons (Fsp3) is 0.571. The maximum absolute atomic E-state index is 12.1. The molecule has 2 N–H and O–H groups in total. The number of carbonyl (C=O) groups excluding carboxylic acids is 1. The molecule has 1 atom stereocenters. The first kappa shape index (κ1) is 22.0. The summed E-state index contributed by atoms with van der Waals surface area (Å²) < 4.78 is 12.3. The molecular weight excluding hydrogens is 390 g/mol. The SMILES string of the molecule is O=C(NCC1CCN(CCn2c(=O)oc3ccccc32)CC1)C1CCOC1.O=CO. The zero-order valence-corrected chi connectivity index (χ0v) is 17.0. The van der Waals surface area contributed by atoms with Crippen molar-refractivity contribution in [1.82, 2.24) is 14.8 Å². The number of aromatic nitrogens is 1. The molecule has 1 aromatic heterocycles. The molecule has 0 radical (unpaired) electrons. The number of hydrogen-bond donors (Lipinski definition) is 2. The number of fused-ring (bicyclic) bond motifs is 1. The Bertz CT molecular complexity index is 878. The average molecular weight is 419 g/mol. The van der Waals surface area contributed by atoms with Crippen molar-refractivity contribution in [3.8, 4) is 0 Å². The maximum atomic E-state index is 12.1. The van der Waals surface area contributed by atoms with Gasteiger partial charge in [-0.3, -0.25) is 14.2 Å². The smallest absolute Gasteiger partial charge is 0.419 e. The Labute approximate surface area is 174 Å². The topological polar surface area (TPSA) is 114 Å². The summed E-state index contributed by atoms with van der Waals surface area (Å²) in [5.41, 5.74) is 1.50. The van der Waals surface area contributed by atoms with Crippen molar-refractivity contribution in [1.29, 1.82) is 0 Å². The third-order valence-corrected chi connectivity index (χ3v) is 5.79. The van der Waals surface area contributed by atoms with Crippen LogP contribution in [0.25, 0.3) is 11.1 Å². The van der Waals surface area contributed by atoms with Gasteiger partial charge in [0.05, 0.1) is 18.0 Å². The van der Waals surface area contributed by atoms with E-state index >= 15 is 0 Å². The molecule has 2 aromatic rings. The minimum absolute atomic E-state index is 0.0354. The van der Waals surface area contributed by atoms with Crippen LogP contribution in [0.15, 0.2) is 33.5 Å². The summed E-state index contributed by atoms with van der Waals surface area (Å²) >= 11 is 0. The van der Waals surface area contributed by atoms with Crippen LogP contribution in [0, 0.1) is 11.8 Å². The van der Waals surface area contributed by atoms with Crippen molar-refractivity contribution < 1.29 is 23.8 Å². The van der Waals surface area contributed by atoms with E-state index in [1.165, 1.54) is 0 Å². The summed E-state index contributed by atoms with van der Waals surface area (Å²) in [5.74, 6) is 0.420. The van der Waals surface area contributed by atoms with Gasteiger partial charge in [0.2, 0.25) is 5.91 Å². The Morgan fingerprint density at radius 1 is 1.20 bits per heavy atom. The Balaban J connectivity index is 0.000000806. The van der Waals surface area contributed by atoms with E-state index < -0.39 is 0 Å². The number of rotatable bonds is 6. The second kappa shape index (κ2) is 10.9. The molecule has 2 aliphatic heterocycles. The molecule has 2 saturated heterocycles. The van der Waals surface area contributed by atoms with Gasteiger partial charge in [0, 0.05) is 26.2 Å². The van der Waals surface area contributed by atoms with Gasteiger partial charge < -0.3 is 24.5 Å². The van der Waals surface area contributed by atoms with E-state index in [0.717, 1.165) is 51.0 Å². The van der Waals surface area contributed by atoms with Gasteiger partial charge in [-0.25, -0.2) is 4.79 Å². The lowest BCUT2D eigenvalue weighted by Gasteiger charge is -2.32. The number of hydrogen-bond acceptors (Lipinski definition) is 6. The Morgan fingerprint density at radius 2 is 1.93 bits per heavy atom. The van der Waals surface area contributed by atoms with Gasteiger partial charge >= 0.3 is 5.76 Å².